The lowest BCUT2D eigenvalue weighted by Crippen LogP contribution is -2.51. The second-order valence-electron chi connectivity index (χ2n) is 9.95. The summed E-state index contributed by atoms with van der Waals surface area (Å²) in [6, 6.07) is 16.3. The molecule has 0 aromatic heterocycles. The number of carbonyl (C=O) groups excluding carboxylic acids is 2. The molecule has 1 saturated carbocycles. The van der Waals surface area contributed by atoms with E-state index in [0.29, 0.717) is 30.8 Å². The van der Waals surface area contributed by atoms with Crippen LogP contribution in [0.5, 0.6) is 5.75 Å². The molecule has 38 heavy (non-hydrogen) atoms. The zero-order valence-electron chi connectivity index (χ0n) is 22.8. The van der Waals surface area contributed by atoms with Crippen LogP contribution in [0.25, 0.3) is 0 Å². The van der Waals surface area contributed by atoms with Gasteiger partial charge >= 0.3 is 0 Å². The Bertz CT molecular complexity index is 1150. The number of nitrogens with one attached hydrogen (secondary N) is 1. The van der Waals surface area contributed by atoms with Gasteiger partial charge in [0.2, 0.25) is 21.8 Å². The van der Waals surface area contributed by atoms with Crippen molar-refractivity contribution in [1.82, 2.24) is 10.2 Å². The predicted molar refractivity (Wildman–Crippen MR) is 151 cm³/mol. The van der Waals surface area contributed by atoms with Crippen LogP contribution in [0.15, 0.2) is 54.6 Å². The maximum absolute atomic E-state index is 13.4. The molecule has 0 saturated heterocycles. The largest absolute Gasteiger partial charge is 0.495 e. The van der Waals surface area contributed by atoms with Gasteiger partial charge in [0, 0.05) is 25.6 Å². The fourth-order valence-electron chi connectivity index (χ4n) is 4.96. The van der Waals surface area contributed by atoms with Crippen LogP contribution < -0.4 is 14.4 Å². The number of methoxy groups -OCH3 is 1. The Morgan fingerprint density at radius 1 is 1.00 bits per heavy atom. The van der Waals surface area contributed by atoms with Gasteiger partial charge in [0.1, 0.15) is 11.8 Å². The van der Waals surface area contributed by atoms with Crippen molar-refractivity contribution < 1.29 is 22.7 Å². The van der Waals surface area contributed by atoms with E-state index in [1.165, 1.54) is 17.8 Å². The summed E-state index contributed by atoms with van der Waals surface area (Å²) < 4.78 is 31.8. The first-order valence-electron chi connectivity index (χ1n) is 13.4. The molecule has 0 spiro atoms. The van der Waals surface area contributed by atoms with Crippen LogP contribution >= 0.6 is 0 Å². The lowest BCUT2D eigenvalue weighted by molar-refractivity contribution is -0.140. The van der Waals surface area contributed by atoms with E-state index in [9.17, 15) is 18.0 Å². The molecule has 9 heteroatoms. The lowest BCUT2D eigenvalue weighted by Gasteiger charge is -2.31. The van der Waals surface area contributed by atoms with Gasteiger partial charge in [-0.05, 0) is 50.3 Å². The van der Waals surface area contributed by atoms with Crippen LogP contribution in [0.1, 0.15) is 57.4 Å². The molecule has 0 bridgehead atoms. The summed E-state index contributed by atoms with van der Waals surface area (Å²) >= 11 is 0. The summed E-state index contributed by atoms with van der Waals surface area (Å²) in [5, 5.41) is 3.15. The fraction of sp³-hybridized carbons (Fsp3) is 0.517. The van der Waals surface area contributed by atoms with Gasteiger partial charge in [0.25, 0.3) is 0 Å². The number of hydrogen-bond acceptors (Lipinski definition) is 5. The molecule has 3 rings (SSSR count). The van der Waals surface area contributed by atoms with Gasteiger partial charge in [-0.1, -0.05) is 61.7 Å². The minimum Gasteiger partial charge on any atom is -0.495 e. The minimum absolute atomic E-state index is 0.122. The van der Waals surface area contributed by atoms with Crippen LogP contribution in [0.2, 0.25) is 0 Å². The van der Waals surface area contributed by atoms with Crippen LogP contribution in [-0.2, 0) is 26.0 Å². The van der Waals surface area contributed by atoms with E-state index in [0.717, 1.165) is 37.5 Å². The number of hydrogen-bond donors (Lipinski definition) is 1. The molecule has 0 aliphatic heterocycles. The molecular formula is C29H41N3O5S. The SMILES string of the molecule is COc1ccccc1N(CCCC(=O)N(CCc1ccccc1)[C@@H](C)C(=O)NC1CCCCC1)S(C)(=O)=O. The van der Waals surface area contributed by atoms with Gasteiger partial charge in [-0.2, -0.15) is 0 Å². The predicted octanol–water partition coefficient (Wildman–Crippen LogP) is 4.15. The highest BCUT2D eigenvalue weighted by atomic mass is 32.2. The second-order valence-corrected chi connectivity index (χ2v) is 11.9. The number of carbonyl (C=O) groups is 2. The number of ether oxygens (including phenoxy) is 1. The summed E-state index contributed by atoms with van der Waals surface area (Å²) in [5.41, 5.74) is 1.52. The summed E-state index contributed by atoms with van der Waals surface area (Å²) in [7, 11) is -2.10. The zero-order chi connectivity index (χ0) is 27.5. The highest BCUT2D eigenvalue weighted by Gasteiger charge is 2.28. The first-order valence-corrected chi connectivity index (χ1v) is 15.3. The van der Waals surface area contributed by atoms with E-state index in [1.54, 1.807) is 36.1 Å². The van der Waals surface area contributed by atoms with Crippen LogP contribution in [0, 0.1) is 0 Å². The minimum atomic E-state index is -3.60. The molecular weight excluding hydrogens is 502 g/mol. The normalized spacial score (nSPS) is 14.9. The lowest BCUT2D eigenvalue weighted by atomic mass is 9.95. The van der Waals surface area contributed by atoms with Gasteiger partial charge < -0.3 is 15.0 Å². The standard InChI is InChI=1S/C29H41N3O5S/c1-23(29(34)30-25-15-8-5-9-16-25)31(22-20-24-13-6-4-7-14-24)28(33)19-12-21-32(38(3,35)36)26-17-10-11-18-27(26)37-2/h4,6-7,10-11,13-14,17-18,23,25H,5,8-9,12,15-16,19-22H2,1-3H3,(H,30,34)/t23-/m0/s1. The molecule has 1 N–H and O–H groups in total. The van der Waals surface area contributed by atoms with Crippen molar-refractivity contribution in [3.8, 4) is 5.75 Å². The first-order chi connectivity index (χ1) is 18.2. The summed E-state index contributed by atoms with van der Waals surface area (Å²) in [6.07, 6.45) is 7.57. The Hall–Kier alpha value is -3.07. The number of para-hydroxylation sites is 2. The van der Waals surface area contributed by atoms with Crippen molar-refractivity contribution in [3.05, 3.63) is 60.2 Å². The Morgan fingerprint density at radius 3 is 2.32 bits per heavy atom. The molecule has 2 aromatic rings. The smallest absolute Gasteiger partial charge is 0.242 e. The van der Waals surface area contributed by atoms with Crippen LogP contribution in [0.4, 0.5) is 5.69 Å². The topological polar surface area (TPSA) is 96.0 Å². The molecule has 1 aliphatic carbocycles. The molecule has 8 nitrogen and oxygen atoms in total. The number of sulfonamides is 1. The van der Waals surface area contributed by atoms with E-state index < -0.39 is 16.1 Å². The van der Waals surface area contributed by atoms with Crippen LogP contribution in [0.3, 0.4) is 0 Å². The van der Waals surface area contributed by atoms with Gasteiger partial charge in [0.05, 0.1) is 19.1 Å². The fourth-order valence-corrected chi connectivity index (χ4v) is 5.93. The maximum atomic E-state index is 13.4. The highest BCUT2D eigenvalue weighted by Crippen LogP contribution is 2.29. The average Bonchev–Trinajstić information content (AvgIpc) is 2.91. The Balaban J connectivity index is 1.69. The molecule has 2 amide bonds. The Labute approximate surface area is 227 Å². The van der Waals surface area contributed by atoms with Crippen molar-refractivity contribution in [1.29, 1.82) is 0 Å². The van der Waals surface area contributed by atoms with Crippen molar-refractivity contribution in [3.63, 3.8) is 0 Å². The van der Waals surface area contributed by atoms with Crippen molar-refractivity contribution in [2.24, 2.45) is 0 Å². The van der Waals surface area contributed by atoms with Gasteiger partial charge in [-0.15, -0.1) is 0 Å². The third-order valence-corrected chi connectivity index (χ3v) is 8.29. The van der Waals surface area contributed by atoms with E-state index in [2.05, 4.69) is 5.32 Å². The van der Waals surface area contributed by atoms with Crippen molar-refractivity contribution >= 4 is 27.5 Å². The van der Waals surface area contributed by atoms with E-state index in [-0.39, 0.29) is 30.8 Å². The van der Waals surface area contributed by atoms with E-state index in [4.69, 9.17) is 4.74 Å². The molecule has 0 unspecified atom stereocenters. The zero-order valence-corrected chi connectivity index (χ0v) is 23.6. The van der Waals surface area contributed by atoms with Gasteiger partial charge in [-0.3, -0.25) is 13.9 Å². The van der Waals surface area contributed by atoms with Gasteiger partial charge in [0.15, 0.2) is 0 Å². The summed E-state index contributed by atoms with van der Waals surface area (Å²) in [4.78, 5) is 28.2. The molecule has 0 radical (unpaired) electrons. The van der Waals surface area contributed by atoms with Crippen molar-refractivity contribution in [2.75, 3.05) is 30.8 Å². The Kier molecular flexibility index (Phi) is 11.0. The number of nitrogens with zero attached hydrogens (tertiary/aromatic N) is 2. The molecule has 208 valence electrons. The quantitative estimate of drug-likeness (QED) is 0.410. The Morgan fingerprint density at radius 2 is 1.66 bits per heavy atom. The summed E-state index contributed by atoms with van der Waals surface area (Å²) in [5.74, 6) is 0.146. The average molecular weight is 544 g/mol. The van der Waals surface area contributed by atoms with E-state index >= 15 is 0 Å². The van der Waals surface area contributed by atoms with Gasteiger partial charge in [-0.25, -0.2) is 8.42 Å². The number of anilines is 1. The third-order valence-electron chi connectivity index (χ3n) is 7.11. The molecule has 1 atom stereocenters. The second kappa shape index (κ2) is 14.2. The molecule has 2 aromatic carbocycles. The van der Waals surface area contributed by atoms with Crippen LogP contribution in [-0.4, -0.2) is 63.7 Å². The number of amides is 2. The highest BCUT2D eigenvalue weighted by molar-refractivity contribution is 7.92. The molecule has 1 aliphatic rings. The first kappa shape index (κ1) is 29.5. The monoisotopic (exact) mass is 543 g/mol. The molecule has 0 heterocycles. The third kappa shape index (κ3) is 8.48. The number of rotatable bonds is 13. The van der Waals surface area contributed by atoms with E-state index in [1.807, 2.05) is 30.3 Å². The number of benzene rings is 2. The molecule has 1 fully saturated rings. The maximum Gasteiger partial charge on any atom is 0.242 e. The van der Waals surface area contributed by atoms with Crippen molar-refractivity contribution in [2.45, 2.75) is 70.4 Å². The summed E-state index contributed by atoms with van der Waals surface area (Å²) in [6.45, 7) is 2.31.